The van der Waals surface area contributed by atoms with Gasteiger partial charge in [0.1, 0.15) is 0 Å². The molecular formula is C35H48N4O. The highest BCUT2D eigenvalue weighted by Gasteiger charge is 2.28. The van der Waals surface area contributed by atoms with E-state index in [-0.39, 0.29) is 5.91 Å². The van der Waals surface area contributed by atoms with Crippen molar-refractivity contribution in [2.45, 2.75) is 91.0 Å². The number of amides is 1. The summed E-state index contributed by atoms with van der Waals surface area (Å²) in [7, 11) is 2.20. The van der Waals surface area contributed by atoms with Crippen molar-refractivity contribution in [3.8, 4) is 6.07 Å². The number of carbonyl (C=O) groups is 1. The Morgan fingerprint density at radius 3 is 2.25 bits per heavy atom. The number of benzene rings is 2. The topological polar surface area (TPSA) is 59.4 Å². The van der Waals surface area contributed by atoms with Crippen LogP contribution in [0.15, 0.2) is 47.7 Å². The van der Waals surface area contributed by atoms with Crippen molar-refractivity contribution in [2.75, 3.05) is 33.2 Å². The lowest BCUT2D eigenvalue weighted by Gasteiger charge is -2.33. The third kappa shape index (κ3) is 6.96. The summed E-state index contributed by atoms with van der Waals surface area (Å²) >= 11 is 0. The lowest BCUT2D eigenvalue weighted by atomic mass is 9.77. The SMILES string of the molecule is CC.CC1=C(NCc2cc(C(=O)N3CCC(c4ccc(C#N)cc4)CC3)c(C)cc2C2CCC2)CCN(C)CC1. The molecule has 0 aromatic heterocycles. The van der Waals surface area contributed by atoms with Gasteiger partial charge in [-0.3, -0.25) is 4.79 Å². The highest BCUT2D eigenvalue weighted by atomic mass is 16.2. The van der Waals surface area contributed by atoms with E-state index in [4.69, 9.17) is 5.26 Å². The second kappa shape index (κ2) is 14.0. The van der Waals surface area contributed by atoms with Gasteiger partial charge in [0.15, 0.2) is 0 Å². The molecule has 2 fully saturated rings. The molecule has 0 spiro atoms. The van der Waals surface area contributed by atoms with Gasteiger partial charge < -0.3 is 15.1 Å². The van der Waals surface area contributed by atoms with Crippen molar-refractivity contribution in [2.24, 2.45) is 0 Å². The molecule has 1 saturated carbocycles. The number of carbonyl (C=O) groups excluding carboxylic acids is 1. The van der Waals surface area contributed by atoms with Gasteiger partial charge in [-0.2, -0.15) is 5.26 Å². The van der Waals surface area contributed by atoms with Crippen molar-refractivity contribution < 1.29 is 4.79 Å². The van der Waals surface area contributed by atoms with E-state index in [9.17, 15) is 4.79 Å². The Labute approximate surface area is 242 Å². The van der Waals surface area contributed by atoms with E-state index in [1.165, 1.54) is 47.2 Å². The fourth-order valence-corrected chi connectivity index (χ4v) is 6.25. The molecule has 5 heteroatoms. The summed E-state index contributed by atoms with van der Waals surface area (Å²) in [6, 6.07) is 14.7. The standard InChI is InChI=1S/C33H42N4O.C2H6/c1-23-11-15-36(3)16-14-32(23)35-22-29-20-30(24(2)19-31(29)28-5-4-6-28)33(38)37-17-12-27(13-18-37)26-9-7-25(21-34)8-10-26;1-2/h7-10,19-20,27-28,35H,4-6,11-18,22H2,1-3H3;1-2H3. The van der Waals surface area contributed by atoms with E-state index in [1.54, 1.807) is 0 Å². The maximum atomic E-state index is 13.8. The Morgan fingerprint density at radius 2 is 1.62 bits per heavy atom. The number of nitriles is 1. The van der Waals surface area contributed by atoms with Crippen LogP contribution in [0.5, 0.6) is 0 Å². The predicted molar refractivity (Wildman–Crippen MR) is 164 cm³/mol. The number of rotatable bonds is 6. The molecule has 5 nitrogen and oxygen atoms in total. The highest BCUT2D eigenvalue weighted by molar-refractivity contribution is 5.96. The first kappa shape index (κ1) is 29.9. The van der Waals surface area contributed by atoms with E-state index < -0.39 is 0 Å². The van der Waals surface area contributed by atoms with Crippen LogP contribution in [0.1, 0.15) is 116 Å². The molecule has 1 amide bonds. The zero-order chi connectivity index (χ0) is 28.6. The Bertz CT molecular complexity index is 1230. The molecule has 40 heavy (non-hydrogen) atoms. The van der Waals surface area contributed by atoms with E-state index in [0.717, 1.165) is 69.5 Å². The van der Waals surface area contributed by atoms with Crippen LogP contribution in [0.25, 0.3) is 0 Å². The predicted octanol–water partition coefficient (Wildman–Crippen LogP) is 7.27. The largest absolute Gasteiger partial charge is 0.384 e. The monoisotopic (exact) mass is 540 g/mol. The highest BCUT2D eigenvalue weighted by Crippen LogP contribution is 2.39. The first-order valence-electron chi connectivity index (χ1n) is 15.5. The molecule has 1 saturated heterocycles. The van der Waals surface area contributed by atoms with Crippen molar-refractivity contribution in [3.05, 3.63) is 81.0 Å². The van der Waals surface area contributed by atoms with Gasteiger partial charge in [0.25, 0.3) is 5.91 Å². The van der Waals surface area contributed by atoms with Crippen molar-refractivity contribution in [3.63, 3.8) is 0 Å². The second-order valence-corrected chi connectivity index (χ2v) is 11.7. The molecule has 0 unspecified atom stereocenters. The van der Waals surface area contributed by atoms with Gasteiger partial charge >= 0.3 is 0 Å². The molecular weight excluding hydrogens is 492 g/mol. The Morgan fingerprint density at radius 1 is 0.950 bits per heavy atom. The van der Waals surface area contributed by atoms with Gasteiger partial charge in [0, 0.05) is 44.0 Å². The van der Waals surface area contributed by atoms with Crippen molar-refractivity contribution >= 4 is 5.91 Å². The quantitative estimate of drug-likeness (QED) is 0.419. The van der Waals surface area contributed by atoms with Crippen molar-refractivity contribution in [1.29, 1.82) is 5.26 Å². The molecule has 214 valence electrons. The molecule has 1 N–H and O–H groups in total. The molecule has 2 heterocycles. The van der Waals surface area contributed by atoms with Crippen LogP contribution in [0, 0.1) is 18.3 Å². The summed E-state index contributed by atoms with van der Waals surface area (Å²) in [5.74, 6) is 1.26. The molecule has 0 radical (unpaired) electrons. The summed E-state index contributed by atoms with van der Waals surface area (Å²) in [5, 5.41) is 12.9. The number of hydrogen-bond acceptors (Lipinski definition) is 4. The van der Waals surface area contributed by atoms with Crippen LogP contribution in [-0.4, -0.2) is 48.9 Å². The van der Waals surface area contributed by atoms with Gasteiger partial charge in [-0.1, -0.05) is 44.0 Å². The summed E-state index contributed by atoms with van der Waals surface area (Å²) in [6.45, 7) is 12.9. The van der Waals surface area contributed by atoms with Crippen LogP contribution in [0.2, 0.25) is 0 Å². The van der Waals surface area contributed by atoms with Crippen LogP contribution in [0.3, 0.4) is 0 Å². The minimum Gasteiger partial charge on any atom is -0.384 e. The molecule has 2 aliphatic heterocycles. The lowest BCUT2D eigenvalue weighted by molar-refractivity contribution is 0.0712. The van der Waals surface area contributed by atoms with Gasteiger partial charge in [-0.05, 0) is 112 Å². The molecule has 2 aromatic carbocycles. The molecule has 0 atom stereocenters. The molecule has 3 aliphatic rings. The smallest absolute Gasteiger partial charge is 0.254 e. The lowest BCUT2D eigenvalue weighted by Crippen LogP contribution is -2.38. The molecule has 1 aliphatic carbocycles. The summed E-state index contributed by atoms with van der Waals surface area (Å²) < 4.78 is 0. The van der Waals surface area contributed by atoms with Gasteiger partial charge in [0.05, 0.1) is 11.6 Å². The van der Waals surface area contributed by atoms with E-state index >= 15 is 0 Å². The average molecular weight is 541 g/mol. The number of piperidine rings is 1. The normalized spacial score (nSPS) is 18.8. The van der Waals surface area contributed by atoms with Gasteiger partial charge in [-0.15, -0.1) is 0 Å². The molecule has 0 bridgehead atoms. The van der Waals surface area contributed by atoms with E-state index in [0.29, 0.717) is 17.4 Å². The Kier molecular flexibility index (Phi) is 10.5. The molecule has 5 rings (SSSR count). The zero-order valence-corrected chi connectivity index (χ0v) is 25.4. The number of hydrogen-bond donors (Lipinski definition) is 1. The van der Waals surface area contributed by atoms with E-state index in [1.807, 2.05) is 26.0 Å². The Balaban J connectivity index is 0.00000181. The minimum atomic E-state index is 0.175. The summed E-state index contributed by atoms with van der Waals surface area (Å²) in [5.41, 5.74) is 9.55. The Hall–Kier alpha value is -3.10. The fraction of sp³-hybridized carbons (Fsp3) is 0.543. The third-order valence-corrected chi connectivity index (χ3v) is 9.17. The zero-order valence-electron chi connectivity index (χ0n) is 25.4. The first-order valence-corrected chi connectivity index (χ1v) is 15.5. The van der Waals surface area contributed by atoms with Crippen LogP contribution in [-0.2, 0) is 6.54 Å². The maximum Gasteiger partial charge on any atom is 0.254 e. The number of nitrogens with one attached hydrogen (secondary N) is 1. The number of nitrogens with zero attached hydrogens (tertiary/aromatic N) is 3. The fourth-order valence-electron chi connectivity index (χ4n) is 6.25. The third-order valence-electron chi connectivity index (χ3n) is 9.17. The number of likely N-dealkylation sites (tertiary alicyclic amines) is 1. The maximum absolute atomic E-state index is 13.8. The summed E-state index contributed by atoms with van der Waals surface area (Å²) in [6.07, 6.45) is 7.93. The average Bonchev–Trinajstić information content (AvgIpc) is 3.12. The van der Waals surface area contributed by atoms with Gasteiger partial charge in [0.2, 0.25) is 0 Å². The minimum absolute atomic E-state index is 0.175. The first-order chi connectivity index (χ1) is 19.4. The van der Waals surface area contributed by atoms with Crippen LogP contribution < -0.4 is 5.32 Å². The van der Waals surface area contributed by atoms with Crippen LogP contribution in [0.4, 0.5) is 0 Å². The number of aryl methyl sites for hydroxylation is 1. The second-order valence-electron chi connectivity index (χ2n) is 11.7. The van der Waals surface area contributed by atoms with Gasteiger partial charge in [-0.25, -0.2) is 0 Å². The molecule has 2 aromatic rings. The summed E-state index contributed by atoms with van der Waals surface area (Å²) in [4.78, 5) is 18.2. The van der Waals surface area contributed by atoms with Crippen molar-refractivity contribution in [1.82, 2.24) is 15.1 Å². The van der Waals surface area contributed by atoms with E-state index in [2.05, 4.69) is 66.3 Å². The van der Waals surface area contributed by atoms with Crippen LogP contribution >= 0.6 is 0 Å².